The molecule has 1 amide bonds. The van der Waals surface area contributed by atoms with Gasteiger partial charge in [0.1, 0.15) is 5.75 Å². The van der Waals surface area contributed by atoms with Crippen molar-refractivity contribution >= 4 is 45.9 Å². The van der Waals surface area contributed by atoms with E-state index in [4.69, 9.17) is 9.84 Å². The minimum absolute atomic E-state index is 0.0960. The largest absolute Gasteiger partial charge is 0.495 e. The summed E-state index contributed by atoms with van der Waals surface area (Å²) in [4.78, 5) is 17.1. The zero-order chi connectivity index (χ0) is 23.9. The lowest BCUT2D eigenvalue weighted by atomic mass is 10.2. The number of benzene rings is 2. The summed E-state index contributed by atoms with van der Waals surface area (Å²) in [7, 11) is 1.69. The van der Waals surface area contributed by atoms with E-state index in [9.17, 15) is 4.79 Å². The number of anilines is 1. The van der Waals surface area contributed by atoms with Crippen molar-refractivity contribution in [1.82, 2.24) is 33.7 Å². The summed E-state index contributed by atoms with van der Waals surface area (Å²) in [5.74, 6) is 2.72. The van der Waals surface area contributed by atoms with E-state index in [-0.39, 0.29) is 5.91 Å². The molecule has 180 valence electrons. The summed E-state index contributed by atoms with van der Waals surface area (Å²) in [5.41, 5.74) is 3.22. The van der Waals surface area contributed by atoms with Crippen LogP contribution in [0.3, 0.4) is 0 Å². The Labute approximate surface area is 206 Å². The standard InChI is InChI=1S/C24H26N8O2S/c1-3-30-17-8-4-5-9-18(17)31-22-25-26-24(32(22)27-23(30)31)35-16-21(33)29-14-12-28(13-15-29)19-10-6-7-11-20(19)34-2/h4-11H,3,12-16H2,1-2H3. The van der Waals surface area contributed by atoms with Gasteiger partial charge in [-0.25, -0.2) is 4.40 Å². The quantitative estimate of drug-likeness (QED) is 0.338. The Hall–Kier alpha value is -3.73. The highest BCUT2D eigenvalue weighted by atomic mass is 32.2. The molecule has 1 fully saturated rings. The number of carbonyl (C=O) groups excluding carboxylic acids is 1. The van der Waals surface area contributed by atoms with Crippen LogP contribution >= 0.6 is 11.8 Å². The molecule has 1 saturated heterocycles. The summed E-state index contributed by atoms with van der Waals surface area (Å²) >= 11 is 1.38. The monoisotopic (exact) mass is 490 g/mol. The molecule has 0 atom stereocenters. The molecular weight excluding hydrogens is 464 g/mol. The molecule has 0 unspecified atom stereocenters. The van der Waals surface area contributed by atoms with Crippen molar-refractivity contribution < 1.29 is 9.53 Å². The van der Waals surface area contributed by atoms with Crippen LogP contribution in [0.1, 0.15) is 6.92 Å². The first-order valence-corrected chi connectivity index (χ1v) is 12.7. The Balaban J connectivity index is 1.16. The SMILES string of the molecule is CCn1c2ccccc2n2c1nn1c(SCC(=O)N3CCN(c4ccccc4OC)CC3)nnc12. The lowest BCUT2D eigenvalue weighted by molar-refractivity contribution is -0.128. The third-order valence-electron chi connectivity index (χ3n) is 6.54. The molecule has 0 aliphatic carbocycles. The maximum Gasteiger partial charge on any atom is 0.260 e. The molecule has 4 heterocycles. The lowest BCUT2D eigenvalue weighted by Crippen LogP contribution is -2.49. The van der Waals surface area contributed by atoms with Gasteiger partial charge in [-0.05, 0) is 31.2 Å². The predicted molar refractivity (Wildman–Crippen MR) is 135 cm³/mol. The van der Waals surface area contributed by atoms with Crippen molar-refractivity contribution in [2.24, 2.45) is 0 Å². The Bertz CT molecular complexity index is 1530. The van der Waals surface area contributed by atoms with Gasteiger partial charge in [-0.1, -0.05) is 36.0 Å². The molecule has 0 N–H and O–H groups in total. The second kappa shape index (κ2) is 8.81. The van der Waals surface area contributed by atoms with Crippen molar-refractivity contribution in [1.29, 1.82) is 0 Å². The van der Waals surface area contributed by atoms with Crippen molar-refractivity contribution in [3.05, 3.63) is 48.5 Å². The number of aryl methyl sites for hydroxylation is 1. The summed E-state index contributed by atoms with van der Waals surface area (Å²) < 4.78 is 11.4. The molecular formula is C24H26N8O2S. The molecule has 0 saturated carbocycles. The number of para-hydroxylation sites is 4. The van der Waals surface area contributed by atoms with Crippen LogP contribution in [0.25, 0.3) is 22.6 Å². The minimum atomic E-state index is 0.0960. The van der Waals surface area contributed by atoms with Gasteiger partial charge in [0, 0.05) is 32.7 Å². The van der Waals surface area contributed by atoms with Crippen LogP contribution in [-0.2, 0) is 11.3 Å². The smallest absolute Gasteiger partial charge is 0.260 e. The van der Waals surface area contributed by atoms with Crippen LogP contribution < -0.4 is 9.64 Å². The van der Waals surface area contributed by atoms with Gasteiger partial charge < -0.3 is 19.1 Å². The van der Waals surface area contributed by atoms with Crippen LogP contribution in [0.5, 0.6) is 5.75 Å². The number of thioether (sulfide) groups is 1. The normalized spacial score (nSPS) is 14.5. The van der Waals surface area contributed by atoms with Crippen LogP contribution in [0.15, 0.2) is 53.7 Å². The molecule has 1 aliphatic heterocycles. The van der Waals surface area contributed by atoms with E-state index in [1.165, 1.54) is 11.8 Å². The number of hydrogen-bond acceptors (Lipinski definition) is 7. The third-order valence-corrected chi connectivity index (χ3v) is 7.44. The average Bonchev–Trinajstić information content (AvgIpc) is 3.56. The van der Waals surface area contributed by atoms with Gasteiger partial charge in [-0.15, -0.1) is 15.3 Å². The second-order valence-corrected chi connectivity index (χ2v) is 9.33. The molecule has 35 heavy (non-hydrogen) atoms. The Kier molecular flexibility index (Phi) is 5.48. The Morgan fingerprint density at radius 2 is 1.71 bits per heavy atom. The van der Waals surface area contributed by atoms with Gasteiger partial charge in [0.25, 0.3) is 5.78 Å². The first kappa shape index (κ1) is 21.8. The van der Waals surface area contributed by atoms with E-state index in [0.717, 1.165) is 47.9 Å². The Morgan fingerprint density at radius 3 is 2.49 bits per heavy atom. The number of methoxy groups -OCH3 is 1. The number of nitrogens with zero attached hydrogens (tertiary/aromatic N) is 8. The maximum atomic E-state index is 13.0. The number of hydrogen-bond donors (Lipinski definition) is 0. The second-order valence-electron chi connectivity index (χ2n) is 8.39. The van der Waals surface area contributed by atoms with E-state index in [1.807, 2.05) is 39.6 Å². The highest BCUT2D eigenvalue weighted by Gasteiger charge is 2.24. The van der Waals surface area contributed by atoms with Crippen molar-refractivity contribution in [2.75, 3.05) is 43.9 Å². The number of piperazine rings is 1. The van der Waals surface area contributed by atoms with E-state index in [0.29, 0.717) is 29.8 Å². The fraction of sp³-hybridized carbons (Fsp3) is 0.333. The van der Waals surface area contributed by atoms with Gasteiger partial charge >= 0.3 is 0 Å². The molecule has 0 spiro atoms. The molecule has 11 heteroatoms. The van der Waals surface area contributed by atoms with Crippen LogP contribution in [-0.4, -0.2) is 78.6 Å². The van der Waals surface area contributed by atoms with Crippen LogP contribution in [0.4, 0.5) is 5.69 Å². The van der Waals surface area contributed by atoms with E-state index in [1.54, 1.807) is 11.6 Å². The maximum absolute atomic E-state index is 13.0. The van der Waals surface area contributed by atoms with E-state index >= 15 is 0 Å². The fourth-order valence-corrected chi connectivity index (χ4v) is 5.57. The summed E-state index contributed by atoms with van der Waals surface area (Å²) in [6, 6.07) is 16.2. The highest BCUT2D eigenvalue weighted by molar-refractivity contribution is 7.99. The van der Waals surface area contributed by atoms with Crippen LogP contribution in [0, 0.1) is 0 Å². The predicted octanol–water partition coefficient (Wildman–Crippen LogP) is 2.80. The molecule has 3 aromatic heterocycles. The molecule has 0 bridgehead atoms. The summed E-state index contributed by atoms with van der Waals surface area (Å²) in [5, 5.41) is 14.1. The molecule has 10 nitrogen and oxygen atoms in total. The molecule has 0 radical (unpaired) electrons. The van der Waals surface area contributed by atoms with Crippen LogP contribution in [0.2, 0.25) is 0 Å². The minimum Gasteiger partial charge on any atom is -0.495 e. The highest BCUT2D eigenvalue weighted by Crippen LogP contribution is 2.29. The number of ether oxygens (including phenoxy) is 1. The number of aromatic nitrogens is 6. The number of rotatable bonds is 6. The van der Waals surface area contributed by atoms with Gasteiger partial charge in [-0.3, -0.25) is 4.79 Å². The van der Waals surface area contributed by atoms with Crippen molar-refractivity contribution in [3.8, 4) is 5.75 Å². The van der Waals surface area contributed by atoms with Gasteiger partial charge in [0.15, 0.2) is 0 Å². The molecule has 6 rings (SSSR count). The summed E-state index contributed by atoms with van der Waals surface area (Å²) in [6.07, 6.45) is 0. The average molecular weight is 491 g/mol. The first-order chi connectivity index (χ1) is 17.2. The molecule has 1 aliphatic rings. The molecule has 2 aromatic carbocycles. The topological polar surface area (TPSA) is 85.2 Å². The third kappa shape index (κ3) is 3.57. The van der Waals surface area contributed by atoms with Crippen molar-refractivity contribution in [2.45, 2.75) is 18.6 Å². The Morgan fingerprint density at radius 1 is 0.971 bits per heavy atom. The van der Waals surface area contributed by atoms with Crippen molar-refractivity contribution in [3.63, 3.8) is 0 Å². The van der Waals surface area contributed by atoms with E-state index < -0.39 is 0 Å². The summed E-state index contributed by atoms with van der Waals surface area (Å²) in [6.45, 7) is 5.79. The fourth-order valence-electron chi connectivity index (χ4n) is 4.79. The van der Waals surface area contributed by atoms with Gasteiger partial charge in [0.05, 0.1) is 29.6 Å². The lowest BCUT2D eigenvalue weighted by Gasteiger charge is -2.36. The van der Waals surface area contributed by atoms with Gasteiger partial charge in [-0.2, -0.15) is 4.52 Å². The number of imidazole rings is 1. The zero-order valence-electron chi connectivity index (χ0n) is 19.7. The molecule has 5 aromatic rings. The first-order valence-electron chi connectivity index (χ1n) is 11.7. The zero-order valence-corrected chi connectivity index (χ0v) is 20.5. The number of fused-ring (bicyclic) bond motifs is 5. The number of carbonyl (C=O) groups is 1. The van der Waals surface area contributed by atoms with Gasteiger partial charge in [0.2, 0.25) is 16.8 Å². The van der Waals surface area contributed by atoms with E-state index in [2.05, 4.69) is 44.8 Å². The number of amides is 1.